The average Bonchev–Trinajstić information content (AvgIpc) is 2.33. The molecule has 0 saturated heterocycles. The number of halogens is 2. The van der Waals surface area contributed by atoms with Gasteiger partial charge in [0.25, 0.3) is 12.3 Å². The third kappa shape index (κ3) is 4.48. The minimum atomic E-state index is -2.52. The minimum Gasteiger partial charge on any atom is -0.346 e. The molecule has 0 radical (unpaired) electrons. The van der Waals surface area contributed by atoms with Gasteiger partial charge in [0, 0.05) is 5.56 Å². The fourth-order valence-electron chi connectivity index (χ4n) is 1.48. The SMILES string of the molecule is CNCCc1ccccc1C(=O)NCC(F)F. The van der Waals surface area contributed by atoms with Gasteiger partial charge in [-0.15, -0.1) is 0 Å². The lowest BCUT2D eigenvalue weighted by Gasteiger charge is -2.09. The smallest absolute Gasteiger partial charge is 0.255 e. The Hall–Kier alpha value is -1.49. The first-order valence-corrected chi connectivity index (χ1v) is 5.44. The van der Waals surface area contributed by atoms with Gasteiger partial charge < -0.3 is 10.6 Å². The number of hydrogen-bond acceptors (Lipinski definition) is 2. The van der Waals surface area contributed by atoms with Gasteiger partial charge in [0.15, 0.2) is 0 Å². The number of rotatable bonds is 6. The number of hydrogen-bond donors (Lipinski definition) is 2. The molecular weight excluding hydrogens is 226 g/mol. The number of benzene rings is 1. The van der Waals surface area contributed by atoms with Gasteiger partial charge in [-0.3, -0.25) is 4.79 Å². The number of carbonyl (C=O) groups is 1. The van der Waals surface area contributed by atoms with Crippen molar-refractivity contribution in [2.75, 3.05) is 20.1 Å². The molecule has 1 rings (SSSR count). The van der Waals surface area contributed by atoms with Crippen LogP contribution in [0.1, 0.15) is 15.9 Å². The summed E-state index contributed by atoms with van der Waals surface area (Å²) >= 11 is 0. The summed E-state index contributed by atoms with van der Waals surface area (Å²) in [4.78, 5) is 11.7. The first kappa shape index (κ1) is 13.6. The van der Waals surface area contributed by atoms with Gasteiger partial charge in [-0.05, 0) is 31.6 Å². The van der Waals surface area contributed by atoms with E-state index < -0.39 is 18.9 Å². The van der Waals surface area contributed by atoms with Crippen LogP contribution in [-0.4, -0.2) is 32.5 Å². The van der Waals surface area contributed by atoms with Crippen LogP contribution in [0.15, 0.2) is 24.3 Å². The van der Waals surface area contributed by atoms with Crippen LogP contribution in [0, 0.1) is 0 Å². The summed E-state index contributed by atoms with van der Waals surface area (Å²) in [7, 11) is 1.82. The molecule has 0 unspecified atom stereocenters. The van der Waals surface area contributed by atoms with Gasteiger partial charge in [-0.1, -0.05) is 18.2 Å². The molecule has 1 aromatic rings. The summed E-state index contributed by atoms with van der Waals surface area (Å²) in [6.45, 7) is 0.123. The summed E-state index contributed by atoms with van der Waals surface area (Å²) in [6.07, 6.45) is -1.84. The number of nitrogens with one attached hydrogen (secondary N) is 2. The number of amides is 1. The number of likely N-dealkylation sites (N-methyl/N-ethyl adjacent to an activating group) is 1. The van der Waals surface area contributed by atoms with Crippen LogP contribution >= 0.6 is 0 Å². The molecule has 94 valence electrons. The zero-order chi connectivity index (χ0) is 12.7. The van der Waals surface area contributed by atoms with Crippen molar-refractivity contribution in [2.45, 2.75) is 12.8 Å². The monoisotopic (exact) mass is 242 g/mol. The Labute approximate surface area is 99.2 Å². The quantitative estimate of drug-likeness (QED) is 0.792. The molecule has 17 heavy (non-hydrogen) atoms. The van der Waals surface area contributed by atoms with Gasteiger partial charge >= 0.3 is 0 Å². The normalized spacial score (nSPS) is 10.6. The molecule has 2 N–H and O–H groups in total. The molecule has 0 fully saturated rings. The average molecular weight is 242 g/mol. The van der Waals surface area contributed by atoms with E-state index in [9.17, 15) is 13.6 Å². The van der Waals surface area contributed by atoms with Gasteiger partial charge in [0.1, 0.15) is 0 Å². The predicted octanol–water partition coefficient (Wildman–Crippen LogP) is 1.44. The maximum absolute atomic E-state index is 12.0. The van der Waals surface area contributed by atoms with E-state index in [2.05, 4.69) is 10.6 Å². The van der Waals surface area contributed by atoms with Crippen LogP contribution in [0.5, 0.6) is 0 Å². The van der Waals surface area contributed by atoms with E-state index in [1.807, 2.05) is 19.2 Å². The van der Waals surface area contributed by atoms with E-state index in [1.54, 1.807) is 12.1 Å². The van der Waals surface area contributed by atoms with Crippen molar-refractivity contribution in [3.63, 3.8) is 0 Å². The maximum atomic E-state index is 12.0. The lowest BCUT2D eigenvalue weighted by Crippen LogP contribution is -2.29. The van der Waals surface area contributed by atoms with Crippen LogP contribution in [-0.2, 0) is 6.42 Å². The second-order valence-electron chi connectivity index (χ2n) is 3.61. The number of carbonyl (C=O) groups excluding carboxylic acids is 1. The highest BCUT2D eigenvalue weighted by Gasteiger charge is 2.12. The van der Waals surface area contributed by atoms with Gasteiger partial charge in [-0.2, -0.15) is 0 Å². The van der Waals surface area contributed by atoms with Gasteiger partial charge in [0.05, 0.1) is 6.54 Å². The van der Waals surface area contributed by atoms with E-state index in [0.717, 1.165) is 12.1 Å². The predicted molar refractivity (Wildman–Crippen MR) is 62.4 cm³/mol. The molecule has 0 heterocycles. The van der Waals surface area contributed by atoms with E-state index in [-0.39, 0.29) is 0 Å². The van der Waals surface area contributed by atoms with Crippen LogP contribution in [0.4, 0.5) is 8.78 Å². The second-order valence-corrected chi connectivity index (χ2v) is 3.61. The molecule has 1 aromatic carbocycles. The summed E-state index contributed by atoms with van der Waals surface area (Å²) in [5.41, 5.74) is 1.32. The molecule has 0 bridgehead atoms. The molecule has 3 nitrogen and oxygen atoms in total. The van der Waals surface area contributed by atoms with Crippen molar-refractivity contribution < 1.29 is 13.6 Å². The Balaban J connectivity index is 2.70. The van der Waals surface area contributed by atoms with Crippen LogP contribution in [0.2, 0.25) is 0 Å². The van der Waals surface area contributed by atoms with Crippen molar-refractivity contribution in [3.05, 3.63) is 35.4 Å². The first-order chi connectivity index (χ1) is 8.15. The van der Waals surface area contributed by atoms with Crippen molar-refractivity contribution >= 4 is 5.91 Å². The van der Waals surface area contributed by atoms with Crippen molar-refractivity contribution in [3.8, 4) is 0 Å². The molecule has 0 spiro atoms. The molecule has 0 aliphatic carbocycles. The second kappa shape index (κ2) is 6.96. The molecule has 5 heteroatoms. The largest absolute Gasteiger partial charge is 0.346 e. The summed E-state index contributed by atoms with van der Waals surface area (Å²) in [5, 5.41) is 5.19. The first-order valence-electron chi connectivity index (χ1n) is 5.44. The lowest BCUT2D eigenvalue weighted by atomic mass is 10.0. The lowest BCUT2D eigenvalue weighted by molar-refractivity contribution is 0.0891. The number of alkyl halides is 2. The van der Waals surface area contributed by atoms with Crippen LogP contribution < -0.4 is 10.6 Å². The fourth-order valence-corrected chi connectivity index (χ4v) is 1.48. The Morgan fingerprint density at radius 2 is 2.06 bits per heavy atom. The molecular formula is C12H16F2N2O. The minimum absolute atomic E-state index is 0.447. The Morgan fingerprint density at radius 3 is 2.71 bits per heavy atom. The van der Waals surface area contributed by atoms with Crippen molar-refractivity contribution in [2.24, 2.45) is 0 Å². The molecule has 0 saturated carbocycles. The third-order valence-corrected chi connectivity index (χ3v) is 2.32. The fraction of sp³-hybridized carbons (Fsp3) is 0.417. The van der Waals surface area contributed by atoms with Crippen molar-refractivity contribution in [1.82, 2.24) is 10.6 Å². The van der Waals surface area contributed by atoms with Crippen LogP contribution in [0.3, 0.4) is 0 Å². The van der Waals surface area contributed by atoms with E-state index in [1.165, 1.54) is 0 Å². The molecule has 0 atom stereocenters. The Morgan fingerprint density at radius 1 is 1.35 bits per heavy atom. The highest BCUT2D eigenvalue weighted by Crippen LogP contribution is 2.09. The van der Waals surface area contributed by atoms with E-state index >= 15 is 0 Å². The zero-order valence-electron chi connectivity index (χ0n) is 9.67. The molecule has 0 aromatic heterocycles. The van der Waals surface area contributed by atoms with Gasteiger partial charge in [-0.25, -0.2) is 8.78 Å². The summed E-state index contributed by atoms with van der Waals surface area (Å²) in [6, 6.07) is 7.02. The topological polar surface area (TPSA) is 41.1 Å². The van der Waals surface area contributed by atoms with Gasteiger partial charge in [0.2, 0.25) is 0 Å². The Bertz CT molecular complexity index is 369. The Kier molecular flexibility index (Phi) is 5.56. The van der Waals surface area contributed by atoms with E-state index in [4.69, 9.17) is 0 Å². The third-order valence-electron chi connectivity index (χ3n) is 2.32. The summed E-state index contributed by atoms with van der Waals surface area (Å²) in [5.74, 6) is -0.447. The van der Waals surface area contributed by atoms with E-state index in [0.29, 0.717) is 12.0 Å². The molecule has 0 aliphatic rings. The van der Waals surface area contributed by atoms with Crippen molar-refractivity contribution in [1.29, 1.82) is 0 Å². The highest BCUT2D eigenvalue weighted by atomic mass is 19.3. The molecule has 1 amide bonds. The highest BCUT2D eigenvalue weighted by molar-refractivity contribution is 5.95. The maximum Gasteiger partial charge on any atom is 0.255 e. The summed E-state index contributed by atoms with van der Waals surface area (Å²) < 4.78 is 24.0. The standard InChI is InChI=1S/C12H16F2N2O/c1-15-7-6-9-4-2-3-5-10(9)12(17)16-8-11(13)14/h2-5,11,15H,6-8H2,1H3,(H,16,17). The van der Waals surface area contributed by atoms with Crippen LogP contribution in [0.25, 0.3) is 0 Å². The zero-order valence-corrected chi connectivity index (χ0v) is 9.67. The molecule has 0 aliphatic heterocycles.